The largest absolute Gasteiger partial charge is 0.481 e. The third-order valence-electron chi connectivity index (χ3n) is 6.31. The van der Waals surface area contributed by atoms with Gasteiger partial charge in [-0.05, 0) is 48.1 Å². The van der Waals surface area contributed by atoms with Gasteiger partial charge in [-0.3, -0.25) is 0 Å². The number of rotatable bonds is 4. The summed E-state index contributed by atoms with van der Waals surface area (Å²) in [6.45, 7) is 4.97. The number of aromatic nitrogens is 3. The van der Waals surface area contributed by atoms with Gasteiger partial charge in [-0.15, -0.1) is 4.36 Å². The van der Waals surface area contributed by atoms with Crippen LogP contribution in [0.25, 0.3) is 11.1 Å². The Labute approximate surface area is 208 Å². The van der Waals surface area contributed by atoms with E-state index in [1.54, 1.807) is 16.8 Å². The second kappa shape index (κ2) is 8.86. The molecule has 10 nitrogen and oxygen atoms in total. The Bertz CT molecular complexity index is 1490. The lowest BCUT2D eigenvalue weighted by atomic mass is 9.94. The predicted octanol–water partition coefficient (Wildman–Crippen LogP) is 3.93. The second-order valence-electron chi connectivity index (χ2n) is 9.69. The maximum absolute atomic E-state index is 14.9. The van der Waals surface area contributed by atoms with Gasteiger partial charge in [-0.2, -0.15) is 5.10 Å². The number of urea groups is 1. The topological polar surface area (TPSA) is 134 Å². The van der Waals surface area contributed by atoms with Gasteiger partial charge < -0.3 is 14.8 Å². The summed E-state index contributed by atoms with van der Waals surface area (Å²) in [5, 5.41) is 13.0. The van der Waals surface area contributed by atoms with E-state index in [1.165, 1.54) is 25.6 Å². The van der Waals surface area contributed by atoms with Gasteiger partial charge in [0, 0.05) is 23.2 Å². The van der Waals surface area contributed by atoms with Gasteiger partial charge in [0.1, 0.15) is 10.7 Å². The van der Waals surface area contributed by atoms with Crippen LogP contribution in [-0.4, -0.2) is 38.7 Å². The average molecular weight is 515 g/mol. The maximum atomic E-state index is 14.9. The molecule has 0 saturated carbocycles. The van der Waals surface area contributed by atoms with Crippen molar-refractivity contribution in [2.75, 3.05) is 19.0 Å². The number of carbonyl (C=O) groups excluding carboxylic acids is 1. The van der Waals surface area contributed by atoms with Crippen LogP contribution in [0, 0.1) is 11.2 Å². The van der Waals surface area contributed by atoms with Gasteiger partial charge in [0.15, 0.2) is 9.92 Å². The fourth-order valence-corrected chi connectivity index (χ4v) is 5.63. The first-order valence-corrected chi connectivity index (χ1v) is 13.0. The molecule has 0 saturated heterocycles. The van der Waals surface area contributed by atoms with Crippen molar-refractivity contribution >= 4 is 21.6 Å². The molecule has 3 heterocycles. The fourth-order valence-electron chi connectivity index (χ4n) is 4.62. The quantitative estimate of drug-likeness (QED) is 0.542. The molecule has 5 rings (SSSR count). The van der Waals surface area contributed by atoms with Crippen LogP contribution in [0.5, 0.6) is 11.8 Å². The second-order valence-corrected chi connectivity index (χ2v) is 11.5. The van der Waals surface area contributed by atoms with E-state index in [2.05, 4.69) is 19.8 Å². The molecule has 3 N–H and O–H groups in total. The zero-order valence-electron chi connectivity index (χ0n) is 20.2. The summed E-state index contributed by atoms with van der Waals surface area (Å²) in [5.74, 6) is 0.234. The predicted molar refractivity (Wildman–Crippen MR) is 132 cm³/mol. The van der Waals surface area contributed by atoms with Crippen LogP contribution in [0.15, 0.2) is 39.9 Å². The monoisotopic (exact) mass is 514 g/mol. The molecular weight excluding hydrogens is 487 g/mol. The smallest absolute Gasteiger partial charge is 0.354 e. The highest BCUT2D eigenvalue weighted by Crippen LogP contribution is 2.40. The number of ether oxygens (including phenoxy) is 2. The van der Waals surface area contributed by atoms with Gasteiger partial charge in [0.2, 0.25) is 11.8 Å². The first-order chi connectivity index (χ1) is 17.1. The van der Waals surface area contributed by atoms with Crippen LogP contribution in [0.2, 0.25) is 0 Å². The van der Waals surface area contributed by atoms with Crippen molar-refractivity contribution < 1.29 is 22.9 Å². The van der Waals surface area contributed by atoms with Crippen LogP contribution < -0.4 is 19.9 Å². The molecule has 36 heavy (non-hydrogen) atoms. The van der Waals surface area contributed by atoms with E-state index in [1.807, 2.05) is 13.8 Å². The van der Waals surface area contributed by atoms with Crippen LogP contribution >= 0.6 is 0 Å². The van der Waals surface area contributed by atoms with Crippen molar-refractivity contribution in [2.45, 2.75) is 44.6 Å². The molecule has 1 aliphatic carbocycles. The Morgan fingerprint density at radius 2 is 2.11 bits per heavy atom. The van der Waals surface area contributed by atoms with Gasteiger partial charge in [0.05, 0.1) is 32.1 Å². The molecule has 1 atom stereocenters. The Hall–Kier alpha value is -3.51. The van der Waals surface area contributed by atoms with E-state index in [0.29, 0.717) is 59.8 Å². The van der Waals surface area contributed by atoms with Crippen molar-refractivity contribution in [1.29, 1.82) is 0 Å². The lowest BCUT2D eigenvalue weighted by molar-refractivity contribution is 0.0972. The van der Waals surface area contributed by atoms with Crippen LogP contribution in [0.1, 0.15) is 31.4 Å². The van der Waals surface area contributed by atoms with E-state index in [4.69, 9.17) is 14.6 Å². The minimum atomic E-state index is -3.67. The van der Waals surface area contributed by atoms with Crippen LogP contribution in [0.4, 0.5) is 14.9 Å². The van der Waals surface area contributed by atoms with Gasteiger partial charge in [-0.25, -0.2) is 28.2 Å². The third-order valence-corrected chi connectivity index (χ3v) is 7.65. The molecule has 2 amide bonds. The number of benzene rings is 1. The lowest BCUT2D eigenvalue weighted by Gasteiger charge is -2.30. The fraction of sp³-hybridized carbons (Fsp3) is 0.375. The van der Waals surface area contributed by atoms with Crippen molar-refractivity contribution in [3.05, 3.63) is 47.5 Å². The zero-order valence-corrected chi connectivity index (χ0v) is 21.0. The van der Waals surface area contributed by atoms with Gasteiger partial charge >= 0.3 is 6.03 Å². The molecule has 12 heteroatoms. The summed E-state index contributed by atoms with van der Waals surface area (Å²) in [6.07, 6.45) is 4.74. The van der Waals surface area contributed by atoms with Crippen molar-refractivity contribution in [2.24, 2.45) is 14.9 Å². The van der Waals surface area contributed by atoms with Crippen molar-refractivity contribution in [3.63, 3.8) is 0 Å². The molecule has 1 aromatic carbocycles. The number of nitrogens with zero attached hydrogens (tertiary/aromatic N) is 4. The highest BCUT2D eigenvalue weighted by molar-refractivity contribution is 7.91. The lowest BCUT2D eigenvalue weighted by Crippen LogP contribution is -2.33. The van der Waals surface area contributed by atoms with E-state index < -0.39 is 15.9 Å². The number of methoxy groups -OCH3 is 1. The number of fused-ring (bicyclic) bond motifs is 2. The number of amides is 2. The summed E-state index contributed by atoms with van der Waals surface area (Å²) >= 11 is 0. The van der Waals surface area contributed by atoms with Crippen molar-refractivity contribution in [3.8, 4) is 22.9 Å². The van der Waals surface area contributed by atoms with Crippen LogP contribution in [-0.2, 0) is 29.3 Å². The molecule has 3 aromatic rings. The number of carbonyl (C=O) groups is 1. The Kier molecular flexibility index (Phi) is 5.95. The minimum absolute atomic E-state index is 0.0524. The summed E-state index contributed by atoms with van der Waals surface area (Å²) in [4.78, 5) is 17.2. The molecule has 0 spiro atoms. The van der Waals surface area contributed by atoms with E-state index >= 15 is 0 Å². The number of pyridine rings is 1. The normalized spacial score (nSPS) is 17.4. The molecule has 190 valence electrons. The molecule has 0 fully saturated rings. The third kappa shape index (κ3) is 4.42. The summed E-state index contributed by atoms with van der Waals surface area (Å²) in [6, 6.07) is 3.79. The Morgan fingerprint density at radius 1 is 1.33 bits per heavy atom. The van der Waals surface area contributed by atoms with Crippen molar-refractivity contribution in [1.82, 2.24) is 14.8 Å². The molecule has 1 aliphatic heterocycles. The van der Waals surface area contributed by atoms with Gasteiger partial charge in [-0.1, -0.05) is 13.8 Å². The number of anilines is 1. The highest BCUT2D eigenvalue weighted by Gasteiger charge is 2.32. The molecule has 0 radical (unpaired) electrons. The average Bonchev–Trinajstić information content (AvgIpc) is 3.47. The number of nitrogens with one attached hydrogen (secondary N) is 1. The molecule has 0 unspecified atom stereocenters. The van der Waals surface area contributed by atoms with Gasteiger partial charge in [0.25, 0.3) is 0 Å². The standard InChI is InChI=1S/C24H27FN6O4S/c1-24(2)12-31-22(35-13-24)19(11-28-31)36(26,33)30-23(32)29-21-16-6-4-5-15(16)18(25)10-17(21)14-7-8-27-20(9-14)34-3/h7-11H,4-6,12-13H2,1-3H3,(H3,26,29,30,32,33)/t36-/m0/s1. The Balaban J connectivity index is 1.53. The Morgan fingerprint density at radius 3 is 2.89 bits per heavy atom. The summed E-state index contributed by atoms with van der Waals surface area (Å²) in [5.41, 5.74) is 2.51. The highest BCUT2D eigenvalue weighted by atomic mass is 32.2. The zero-order chi connectivity index (χ0) is 25.7. The van der Waals surface area contributed by atoms with E-state index in [9.17, 15) is 13.4 Å². The molecule has 0 bridgehead atoms. The molecule has 2 aromatic heterocycles. The number of hydrogen-bond acceptors (Lipinski definition) is 6. The first-order valence-electron chi connectivity index (χ1n) is 11.5. The van der Waals surface area contributed by atoms with E-state index in [-0.39, 0.29) is 22.0 Å². The summed E-state index contributed by atoms with van der Waals surface area (Å²) in [7, 11) is -2.19. The molecule has 2 aliphatic rings. The van der Waals surface area contributed by atoms with Crippen LogP contribution in [0.3, 0.4) is 0 Å². The first kappa shape index (κ1) is 24.2. The SMILES string of the molecule is COc1cc(-c2cc(F)c3c(c2NC(=O)N=[S@](N)(=O)c2cnn4c2OCC(C)(C)C4)CCC3)ccn1. The maximum Gasteiger partial charge on any atom is 0.354 e. The van der Waals surface area contributed by atoms with E-state index in [0.717, 1.165) is 6.42 Å². The minimum Gasteiger partial charge on any atom is -0.481 e. The molecular formula is C24H27FN6O4S. The number of nitrogens with two attached hydrogens (primary N) is 1. The number of hydrogen-bond donors (Lipinski definition) is 2. The number of halogens is 1. The summed E-state index contributed by atoms with van der Waals surface area (Å²) < 4.78 is 44.6.